The van der Waals surface area contributed by atoms with Crippen molar-refractivity contribution in [2.24, 2.45) is 19.8 Å². The van der Waals surface area contributed by atoms with Gasteiger partial charge in [0.15, 0.2) is 0 Å². The number of fused-ring (bicyclic) bond motifs is 4. The summed E-state index contributed by atoms with van der Waals surface area (Å²) in [5.74, 6) is 2.66. The average Bonchev–Trinajstić information content (AvgIpc) is 4.14. The molecule has 0 aliphatic carbocycles. The second kappa shape index (κ2) is 20.9. The number of hydrogen-bond donors (Lipinski definition) is 5. The van der Waals surface area contributed by atoms with Gasteiger partial charge >= 0.3 is 0 Å². The van der Waals surface area contributed by atoms with Gasteiger partial charge in [0.05, 0.1) is 97.2 Å². The standard InChI is InChI=1S/C13H13N3O.C12H11N3O.C8H7BrN2.C7H5BrN2.C5H7NO/c1-16-9-15-13-11(5-2-6-12(13)16)14-8-10-4-3-7-17-10;1-4-10(12-11(5-1)14-8-15-12)13-7-9-3-2-6-16-9;1-11-5-10-8-6(9)3-2-4-7(8)11;8-5-2-1-3-6-7(5)10-4-9-6;6-4-5-2-1-3-7-5/h2-7,9,14H,8H2,1H3;1-6,8,13H,7H2,(H,14,15);2-5H,1H3;1-4H,(H,9,10);1-3H,4,6H2. The summed E-state index contributed by atoms with van der Waals surface area (Å²) in [7, 11) is 3.98. The predicted molar refractivity (Wildman–Crippen MR) is 248 cm³/mol. The van der Waals surface area contributed by atoms with Crippen LogP contribution in [0, 0.1) is 0 Å². The SMILES string of the molecule is Brc1cccc2[nH]cnc12.Cn1cnc2c(Br)cccc21.Cn1cnc2c(NCc3ccco3)cccc21.NCc1ccco1.c1coc(CNc2cccc3[nH]cnc23)c1. The Balaban J connectivity index is 0.000000119. The van der Waals surface area contributed by atoms with E-state index >= 15 is 0 Å². The van der Waals surface area contributed by atoms with Crippen molar-refractivity contribution in [3.8, 4) is 0 Å². The molecule has 61 heavy (non-hydrogen) atoms. The van der Waals surface area contributed by atoms with Crippen molar-refractivity contribution in [2.45, 2.75) is 19.6 Å². The molecule has 0 atom stereocenters. The number of furan rings is 3. The molecule has 0 aliphatic heterocycles. The highest BCUT2D eigenvalue weighted by Crippen LogP contribution is 2.24. The van der Waals surface area contributed by atoms with Gasteiger partial charge in [0.1, 0.15) is 39.3 Å². The van der Waals surface area contributed by atoms with Crippen LogP contribution < -0.4 is 16.4 Å². The van der Waals surface area contributed by atoms with Gasteiger partial charge in [-0.1, -0.05) is 24.3 Å². The number of nitrogens with one attached hydrogen (secondary N) is 4. The Bertz CT molecular complexity index is 2990. The van der Waals surface area contributed by atoms with E-state index in [2.05, 4.69) is 78.5 Å². The lowest BCUT2D eigenvalue weighted by molar-refractivity contribution is 0.512. The first kappa shape index (κ1) is 42.3. The number of imidazole rings is 4. The molecule has 0 saturated heterocycles. The lowest BCUT2D eigenvalue weighted by Crippen LogP contribution is -1.98. The minimum atomic E-state index is 0.493. The highest BCUT2D eigenvalue weighted by Gasteiger charge is 2.06. The van der Waals surface area contributed by atoms with Crippen molar-refractivity contribution in [3.63, 3.8) is 0 Å². The number of aromatic amines is 2. The number of benzene rings is 4. The first-order valence-electron chi connectivity index (χ1n) is 19.1. The molecule has 0 unspecified atom stereocenters. The van der Waals surface area contributed by atoms with Crippen molar-refractivity contribution in [1.82, 2.24) is 39.0 Å². The van der Waals surface area contributed by atoms with Crippen molar-refractivity contribution < 1.29 is 13.3 Å². The number of anilines is 2. The van der Waals surface area contributed by atoms with Crippen molar-refractivity contribution in [3.05, 3.63) is 180 Å². The van der Waals surface area contributed by atoms with Crippen molar-refractivity contribution >= 4 is 87.4 Å². The summed E-state index contributed by atoms with van der Waals surface area (Å²) < 4.78 is 21.5. The quantitative estimate of drug-likeness (QED) is 0.103. The number of halogens is 2. The van der Waals surface area contributed by atoms with E-state index in [-0.39, 0.29) is 0 Å². The highest BCUT2D eigenvalue weighted by molar-refractivity contribution is 9.11. The Hall–Kier alpha value is -6.88. The van der Waals surface area contributed by atoms with Crippen LogP contribution in [-0.4, -0.2) is 39.0 Å². The van der Waals surface area contributed by atoms with Gasteiger partial charge in [-0.2, -0.15) is 0 Å². The molecule has 0 spiro atoms. The zero-order valence-electron chi connectivity index (χ0n) is 33.3. The molecule has 14 nitrogen and oxygen atoms in total. The van der Waals surface area contributed by atoms with Crippen LogP contribution in [0.1, 0.15) is 17.3 Å². The Morgan fingerprint density at radius 2 is 0.984 bits per heavy atom. The predicted octanol–water partition coefficient (Wildman–Crippen LogP) is 10.9. The van der Waals surface area contributed by atoms with E-state index in [4.69, 9.17) is 19.0 Å². The van der Waals surface area contributed by atoms with E-state index in [0.717, 1.165) is 81.7 Å². The molecule has 0 aliphatic rings. The van der Waals surface area contributed by atoms with Crippen LogP contribution in [0.5, 0.6) is 0 Å². The molecular formula is C45H43Br2N11O3. The molecule has 310 valence electrons. The van der Waals surface area contributed by atoms with Crippen LogP contribution in [0.15, 0.2) is 175 Å². The number of nitrogens with zero attached hydrogens (tertiary/aromatic N) is 6. The number of para-hydroxylation sites is 4. The topological polar surface area (TPSA) is 182 Å². The zero-order chi connectivity index (χ0) is 42.4. The van der Waals surface area contributed by atoms with E-state index in [0.29, 0.717) is 19.6 Å². The average molecular weight is 946 g/mol. The van der Waals surface area contributed by atoms with Gasteiger partial charge in [0.2, 0.25) is 0 Å². The van der Waals surface area contributed by atoms with E-state index in [1.165, 1.54) is 0 Å². The van der Waals surface area contributed by atoms with Gasteiger partial charge in [0.25, 0.3) is 0 Å². The lowest BCUT2D eigenvalue weighted by Gasteiger charge is -2.05. The van der Waals surface area contributed by atoms with Crippen molar-refractivity contribution in [2.75, 3.05) is 10.6 Å². The fourth-order valence-electron chi connectivity index (χ4n) is 6.08. The molecule has 7 aromatic heterocycles. The maximum Gasteiger partial charge on any atom is 0.122 e. The molecular weight excluding hydrogens is 902 g/mol. The molecule has 0 bridgehead atoms. The van der Waals surface area contributed by atoms with Gasteiger partial charge in [0, 0.05) is 23.0 Å². The molecule has 4 aromatic carbocycles. The number of hydrogen-bond acceptors (Lipinski definition) is 10. The number of aromatic nitrogens is 8. The summed E-state index contributed by atoms with van der Waals surface area (Å²) in [4.78, 5) is 23.1. The highest BCUT2D eigenvalue weighted by atomic mass is 79.9. The second-order valence-electron chi connectivity index (χ2n) is 13.3. The third-order valence-corrected chi connectivity index (χ3v) is 10.4. The van der Waals surface area contributed by atoms with Crippen LogP contribution in [0.2, 0.25) is 0 Å². The van der Waals surface area contributed by atoms with Crippen LogP contribution in [0.3, 0.4) is 0 Å². The van der Waals surface area contributed by atoms with Gasteiger partial charge in [-0.3, -0.25) is 0 Å². The zero-order valence-corrected chi connectivity index (χ0v) is 36.5. The molecule has 11 rings (SSSR count). The van der Waals surface area contributed by atoms with Gasteiger partial charge in [-0.25, -0.2) is 19.9 Å². The molecule has 7 heterocycles. The van der Waals surface area contributed by atoms with E-state index in [1.807, 2.05) is 139 Å². The van der Waals surface area contributed by atoms with Crippen molar-refractivity contribution in [1.29, 1.82) is 0 Å². The third-order valence-electron chi connectivity index (χ3n) is 9.16. The molecule has 0 radical (unpaired) electrons. The first-order chi connectivity index (χ1) is 29.9. The number of nitrogens with two attached hydrogens (primary N) is 1. The van der Waals surface area contributed by atoms with E-state index in [1.54, 1.807) is 31.4 Å². The van der Waals surface area contributed by atoms with Gasteiger partial charge in [-0.15, -0.1) is 0 Å². The van der Waals surface area contributed by atoms with Gasteiger partial charge in [-0.05, 0) is 117 Å². The van der Waals surface area contributed by atoms with E-state index < -0.39 is 0 Å². The molecule has 0 fully saturated rings. The Morgan fingerprint density at radius 1 is 0.525 bits per heavy atom. The van der Waals surface area contributed by atoms with Gasteiger partial charge < -0.3 is 48.7 Å². The normalized spacial score (nSPS) is 10.6. The molecule has 16 heteroatoms. The fraction of sp³-hybridized carbons (Fsp3) is 0.111. The number of H-pyrrole nitrogens is 2. The summed E-state index contributed by atoms with van der Waals surface area (Å²) in [6, 6.07) is 35.4. The Labute approximate surface area is 367 Å². The summed E-state index contributed by atoms with van der Waals surface area (Å²) in [5.41, 5.74) is 15.6. The lowest BCUT2D eigenvalue weighted by atomic mass is 10.2. The monoisotopic (exact) mass is 943 g/mol. The smallest absolute Gasteiger partial charge is 0.122 e. The van der Waals surface area contributed by atoms with Crippen LogP contribution in [0.4, 0.5) is 11.4 Å². The second-order valence-corrected chi connectivity index (χ2v) is 15.0. The van der Waals surface area contributed by atoms with Crippen LogP contribution >= 0.6 is 31.9 Å². The maximum atomic E-state index is 5.28. The number of aryl methyl sites for hydroxylation is 2. The maximum absolute atomic E-state index is 5.28. The summed E-state index contributed by atoms with van der Waals surface area (Å²) in [5, 5.41) is 6.63. The minimum absolute atomic E-state index is 0.493. The Morgan fingerprint density at radius 3 is 1.51 bits per heavy atom. The third kappa shape index (κ3) is 11.0. The van der Waals surface area contributed by atoms with E-state index in [9.17, 15) is 0 Å². The minimum Gasteiger partial charge on any atom is -0.468 e. The van der Waals surface area contributed by atoms with Crippen LogP contribution in [0.25, 0.3) is 44.1 Å². The largest absolute Gasteiger partial charge is 0.468 e. The Kier molecular flexibility index (Phi) is 14.5. The first-order valence-corrected chi connectivity index (χ1v) is 20.7. The summed E-state index contributed by atoms with van der Waals surface area (Å²) in [6.07, 6.45) is 12.0. The fourth-order valence-corrected chi connectivity index (χ4v) is 7.01. The number of rotatable bonds is 7. The molecule has 0 saturated carbocycles. The summed E-state index contributed by atoms with van der Waals surface area (Å²) >= 11 is 6.83. The molecule has 11 aromatic rings. The van der Waals surface area contributed by atoms with Crippen LogP contribution in [-0.2, 0) is 33.7 Å². The molecule has 6 N–H and O–H groups in total. The summed E-state index contributed by atoms with van der Waals surface area (Å²) in [6.45, 7) is 1.83. The molecule has 0 amide bonds.